The van der Waals surface area contributed by atoms with Crippen molar-refractivity contribution in [2.24, 2.45) is 0 Å². The van der Waals surface area contributed by atoms with Gasteiger partial charge in [0.25, 0.3) is 0 Å². The summed E-state index contributed by atoms with van der Waals surface area (Å²) in [6, 6.07) is 5.11. The summed E-state index contributed by atoms with van der Waals surface area (Å²) < 4.78 is 30.9. The van der Waals surface area contributed by atoms with Gasteiger partial charge < -0.3 is 15.4 Å². The van der Waals surface area contributed by atoms with Crippen molar-refractivity contribution in [1.82, 2.24) is 30.2 Å². The number of nitrogens with zero attached hydrogens (tertiary/aromatic N) is 5. The number of carbonyl (C=O) groups excluding carboxylic acids is 1. The van der Waals surface area contributed by atoms with E-state index in [4.69, 9.17) is 4.74 Å². The van der Waals surface area contributed by atoms with Gasteiger partial charge in [0, 0.05) is 18.0 Å². The first-order chi connectivity index (χ1) is 16.8. The summed E-state index contributed by atoms with van der Waals surface area (Å²) in [6.45, 7) is 3.56. The van der Waals surface area contributed by atoms with Crippen molar-refractivity contribution in [3.05, 3.63) is 48.7 Å². The Labute approximate surface area is 203 Å². The van der Waals surface area contributed by atoms with Crippen molar-refractivity contribution < 1.29 is 17.9 Å². The first-order valence-electron chi connectivity index (χ1n) is 11.0. The molecule has 35 heavy (non-hydrogen) atoms. The third kappa shape index (κ3) is 5.87. The highest BCUT2D eigenvalue weighted by Gasteiger charge is 2.43. The van der Waals surface area contributed by atoms with Crippen LogP contribution in [-0.2, 0) is 20.2 Å². The molecule has 1 aliphatic heterocycles. The van der Waals surface area contributed by atoms with Crippen LogP contribution in [0, 0.1) is 0 Å². The molecule has 4 rings (SSSR count). The molecule has 13 heteroatoms. The van der Waals surface area contributed by atoms with Crippen LogP contribution >= 0.6 is 0 Å². The number of hydrogen-bond acceptors (Lipinski definition) is 10. The van der Waals surface area contributed by atoms with Crippen LogP contribution in [0.25, 0.3) is 11.3 Å². The van der Waals surface area contributed by atoms with Gasteiger partial charge in [0.15, 0.2) is 0 Å². The minimum Gasteiger partial charge on any atom is -0.477 e. The van der Waals surface area contributed by atoms with E-state index in [1.165, 1.54) is 12.4 Å². The third-order valence-corrected chi connectivity index (χ3v) is 6.07. The van der Waals surface area contributed by atoms with E-state index in [0.717, 1.165) is 11.8 Å². The lowest BCUT2D eigenvalue weighted by molar-refractivity contribution is -0.122. The zero-order valence-electron chi connectivity index (χ0n) is 19.4. The molecule has 12 nitrogen and oxygen atoms in total. The molecule has 4 heterocycles. The van der Waals surface area contributed by atoms with Crippen LogP contribution < -0.4 is 20.1 Å². The quantitative estimate of drug-likeness (QED) is 0.413. The molecule has 3 N–H and O–H groups in total. The topological polar surface area (TPSA) is 161 Å². The molecule has 1 saturated heterocycles. The maximum Gasteiger partial charge on any atom is 0.237 e. The predicted octanol–water partition coefficient (Wildman–Crippen LogP) is 1.36. The van der Waals surface area contributed by atoms with E-state index in [9.17, 15) is 13.2 Å². The Balaban J connectivity index is 1.57. The highest BCUT2D eigenvalue weighted by molar-refractivity contribution is 7.91. The molecule has 3 aromatic heterocycles. The van der Waals surface area contributed by atoms with E-state index in [-0.39, 0.29) is 11.9 Å². The Morgan fingerprint density at radius 2 is 1.91 bits per heavy atom. The molecular formula is C22H26N8O4S. The summed E-state index contributed by atoms with van der Waals surface area (Å²) in [5, 5.41) is 6.14. The van der Waals surface area contributed by atoms with Gasteiger partial charge in [-0.05, 0) is 51.1 Å². The van der Waals surface area contributed by atoms with Crippen molar-refractivity contribution in [3.8, 4) is 17.1 Å². The Bertz CT molecular complexity index is 1290. The maximum atomic E-state index is 13.5. The summed E-state index contributed by atoms with van der Waals surface area (Å²) >= 11 is 0. The largest absolute Gasteiger partial charge is 0.477 e. The van der Waals surface area contributed by atoms with Crippen molar-refractivity contribution in [2.45, 2.75) is 25.2 Å². The summed E-state index contributed by atoms with van der Waals surface area (Å²) in [7, 11) is -3.56. The highest BCUT2D eigenvalue weighted by Crippen LogP contribution is 2.34. The number of rotatable bonds is 8. The molecule has 0 atom stereocenters. The van der Waals surface area contributed by atoms with Gasteiger partial charge in [-0.15, -0.1) is 0 Å². The summed E-state index contributed by atoms with van der Waals surface area (Å²) in [4.78, 5) is 34.8. The zero-order valence-corrected chi connectivity index (χ0v) is 20.2. The van der Waals surface area contributed by atoms with E-state index >= 15 is 0 Å². The Morgan fingerprint density at radius 1 is 1.11 bits per heavy atom. The molecule has 1 amide bonds. The molecule has 0 bridgehead atoms. The van der Waals surface area contributed by atoms with Gasteiger partial charge in [-0.1, -0.05) is 0 Å². The SMILES string of the molecule is CCOc1cncc(-c2ccc(NC(=O)C3(c4ccnc(NS(C)(=O)=O)n4)CCNCC3)nc2)n1. The number of pyridine rings is 1. The van der Waals surface area contributed by atoms with Crippen LogP contribution in [0.3, 0.4) is 0 Å². The van der Waals surface area contributed by atoms with Crippen LogP contribution in [0.5, 0.6) is 5.88 Å². The first-order valence-corrected chi connectivity index (χ1v) is 12.9. The molecule has 0 aromatic carbocycles. The summed E-state index contributed by atoms with van der Waals surface area (Å²) in [5.41, 5.74) is 0.793. The van der Waals surface area contributed by atoms with Crippen molar-refractivity contribution in [2.75, 3.05) is 36.0 Å². The second-order valence-corrected chi connectivity index (χ2v) is 9.78. The second-order valence-electron chi connectivity index (χ2n) is 8.03. The molecule has 0 spiro atoms. The number of piperidine rings is 1. The maximum absolute atomic E-state index is 13.5. The molecule has 0 aliphatic carbocycles. The van der Waals surface area contributed by atoms with Crippen LogP contribution in [0.1, 0.15) is 25.5 Å². The van der Waals surface area contributed by atoms with Crippen molar-refractivity contribution in [1.29, 1.82) is 0 Å². The number of sulfonamides is 1. The smallest absolute Gasteiger partial charge is 0.237 e. The minimum absolute atomic E-state index is 0.0754. The van der Waals surface area contributed by atoms with Gasteiger partial charge in [-0.2, -0.15) is 0 Å². The monoisotopic (exact) mass is 498 g/mol. The molecule has 1 aliphatic rings. The fourth-order valence-electron chi connectivity index (χ4n) is 3.85. The van der Waals surface area contributed by atoms with E-state index in [0.29, 0.717) is 55.6 Å². The Morgan fingerprint density at radius 3 is 2.60 bits per heavy atom. The number of anilines is 2. The highest BCUT2D eigenvalue weighted by atomic mass is 32.2. The number of aromatic nitrogens is 5. The van der Waals surface area contributed by atoms with Crippen LogP contribution in [0.2, 0.25) is 0 Å². The fraction of sp³-hybridized carbons (Fsp3) is 0.364. The van der Waals surface area contributed by atoms with Gasteiger partial charge in [0.1, 0.15) is 5.82 Å². The van der Waals surface area contributed by atoms with E-state index in [1.807, 2.05) is 6.92 Å². The van der Waals surface area contributed by atoms with Crippen LogP contribution in [0.15, 0.2) is 43.0 Å². The summed E-state index contributed by atoms with van der Waals surface area (Å²) in [6.07, 6.45) is 8.17. The molecule has 1 fully saturated rings. The van der Waals surface area contributed by atoms with Gasteiger partial charge in [-0.3, -0.25) is 14.5 Å². The molecule has 0 saturated carbocycles. The second kappa shape index (κ2) is 10.3. The first kappa shape index (κ1) is 24.4. The zero-order chi connectivity index (χ0) is 24.9. The number of ether oxygens (including phenoxy) is 1. The molecule has 3 aromatic rings. The van der Waals surface area contributed by atoms with Crippen LogP contribution in [-0.4, -0.2) is 65.2 Å². The van der Waals surface area contributed by atoms with Crippen molar-refractivity contribution in [3.63, 3.8) is 0 Å². The fourth-order valence-corrected chi connectivity index (χ4v) is 4.28. The van der Waals surface area contributed by atoms with Gasteiger partial charge in [-0.25, -0.2) is 28.4 Å². The number of hydrogen-bond donors (Lipinski definition) is 3. The van der Waals surface area contributed by atoms with E-state index < -0.39 is 15.4 Å². The predicted molar refractivity (Wildman–Crippen MR) is 129 cm³/mol. The Kier molecular flexibility index (Phi) is 7.17. The molecular weight excluding hydrogens is 472 g/mol. The third-order valence-electron chi connectivity index (χ3n) is 5.52. The van der Waals surface area contributed by atoms with Gasteiger partial charge in [0.2, 0.25) is 27.8 Å². The standard InChI is InChI=1S/C22H26N8O4S/c1-3-34-19-14-24-13-16(27-19)15-4-5-18(26-12-15)29-20(31)22(7-10-23-11-8-22)17-6-9-25-21(28-17)30-35(2,32)33/h4-6,9,12-14,23H,3,7-8,10-11H2,1-2H3,(H,25,28,30)(H,26,29,31). The minimum atomic E-state index is -3.56. The Hall–Kier alpha value is -3.71. The lowest BCUT2D eigenvalue weighted by Gasteiger charge is -2.35. The number of nitrogens with one attached hydrogen (secondary N) is 3. The number of carbonyl (C=O) groups is 1. The summed E-state index contributed by atoms with van der Waals surface area (Å²) in [5.74, 6) is 0.439. The lowest BCUT2D eigenvalue weighted by Crippen LogP contribution is -2.48. The molecule has 0 unspecified atom stereocenters. The van der Waals surface area contributed by atoms with Crippen molar-refractivity contribution >= 4 is 27.7 Å². The van der Waals surface area contributed by atoms with E-state index in [1.54, 1.807) is 30.6 Å². The van der Waals surface area contributed by atoms with Gasteiger partial charge in [0.05, 0.1) is 42.1 Å². The van der Waals surface area contributed by atoms with Crippen LogP contribution in [0.4, 0.5) is 11.8 Å². The average Bonchev–Trinajstić information content (AvgIpc) is 2.84. The van der Waals surface area contributed by atoms with Gasteiger partial charge >= 0.3 is 0 Å². The average molecular weight is 499 g/mol. The normalized spacial score (nSPS) is 15.3. The lowest BCUT2D eigenvalue weighted by atomic mass is 9.75. The molecule has 184 valence electrons. The number of amides is 1. The molecule has 0 radical (unpaired) electrons. The van der Waals surface area contributed by atoms with E-state index in [2.05, 4.69) is 40.3 Å².